The second kappa shape index (κ2) is 5.54. The van der Waals surface area contributed by atoms with Crippen LogP contribution in [-0.4, -0.2) is 33.2 Å². The number of hydrogen-bond acceptors (Lipinski definition) is 4. The number of aromatic nitrogens is 3. The number of aromatic amines is 1. The topological polar surface area (TPSA) is 59.9 Å². The van der Waals surface area contributed by atoms with Gasteiger partial charge in [0.25, 0.3) is 0 Å². The fourth-order valence-electron chi connectivity index (χ4n) is 1.78. The van der Waals surface area contributed by atoms with Crippen LogP contribution in [0.25, 0.3) is 0 Å². The van der Waals surface area contributed by atoms with Crippen LogP contribution in [0.1, 0.15) is 26.2 Å². The highest BCUT2D eigenvalue weighted by Gasteiger charge is 2.17. The van der Waals surface area contributed by atoms with E-state index in [1.165, 1.54) is 0 Å². The molecule has 1 aliphatic heterocycles. The molecular formula is C10H17N3O2S. The third-order valence-electron chi connectivity index (χ3n) is 2.59. The van der Waals surface area contributed by atoms with Gasteiger partial charge in [-0.1, -0.05) is 18.7 Å². The highest BCUT2D eigenvalue weighted by Crippen LogP contribution is 2.21. The van der Waals surface area contributed by atoms with Crippen molar-refractivity contribution >= 4 is 11.8 Å². The maximum atomic E-state index is 11.4. The van der Waals surface area contributed by atoms with Gasteiger partial charge in [-0.3, -0.25) is 4.57 Å². The van der Waals surface area contributed by atoms with E-state index >= 15 is 0 Å². The van der Waals surface area contributed by atoms with Crippen molar-refractivity contribution in [2.24, 2.45) is 0 Å². The van der Waals surface area contributed by atoms with E-state index in [1.807, 2.05) is 6.92 Å². The molecule has 1 atom stereocenters. The quantitative estimate of drug-likeness (QED) is 0.791. The van der Waals surface area contributed by atoms with Crippen LogP contribution in [0, 0.1) is 0 Å². The van der Waals surface area contributed by atoms with Gasteiger partial charge in [-0.05, 0) is 19.3 Å². The molecular weight excluding hydrogens is 226 g/mol. The minimum atomic E-state index is -0.114. The van der Waals surface area contributed by atoms with Gasteiger partial charge in [0.2, 0.25) is 0 Å². The van der Waals surface area contributed by atoms with E-state index in [1.54, 1.807) is 16.3 Å². The van der Waals surface area contributed by atoms with Crippen LogP contribution < -0.4 is 5.69 Å². The minimum Gasteiger partial charge on any atom is -0.377 e. The number of thioether (sulfide) groups is 1. The standard InChI is InChI=1S/C10H17N3O2S/c1-2-5-13-9(14)11-12-10(13)16-7-8-4-3-6-15-8/h8H,2-7H2,1H3,(H,11,14)/t8-/m0/s1. The van der Waals surface area contributed by atoms with Gasteiger partial charge in [0.05, 0.1) is 6.10 Å². The molecule has 0 spiro atoms. The molecule has 0 radical (unpaired) electrons. The molecule has 0 aromatic carbocycles. The Kier molecular flexibility index (Phi) is 4.06. The van der Waals surface area contributed by atoms with Gasteiger partial charge < -0.3 is 4.74 Å². The first-order chi connectivity index (χ1) is 7.81. The molecule has 1 aliphatic rings. The molecule has 6 heteroatoms. The predicted octanol–water partition coefficient (Wildman–Crippen LogP) is 1.25. The van der Waals surface area contributed by atoms with Crippen molar-refractivity contribution in [1.82, 2.24) is 14.8 Å². The average Bonchev–Trinajstić information content (AvgIpc) is 2.89. The summed E-state index contributed by atoms with van der Waals surface area (Å²) in [6, 6.07) is 0. The van der Waals surface area contributed by atoms with E-state index in [0.717, 1.165) is 43.3 Å². The van der Waals surface area contributed by atoms with E-state index in [0.29, 0.717) is 6.10 Å². The number of hydrogen-bond donors (Lipinski definition) is 1. The molecule has 0 unspecified atom stereocenters. The van der Waals surface area contributed by atoms with Crippen molar-refractivity contribution in [3.8, 4) is 0 Å². The Hall–Kier alpha value is -0.750. The van der Waals surface area contributed by atoms with Gasteiger partial charge in [0, 0.05) is 18.9 Å². The maximum absolute atomic E-state index is 11.4. The first kappa shape index (κ1) is 11.7. The van der Waals surface area contributed by atoms with Gasteiger partial charge in [-0.25, -0.2) is 9.89 Å². The van der Waals surface area contributed by atoms with Crippen molar-refractivity contribution < 1.29 is 4.74 Å². The summed E-state index contributed by atoms with van der Waals surface area (Å²) < 4.78 is 7.23. The van der Waals surface area contributed by atoms with E-state index in [9.17, 15) is 4.79 Å². The molecule has 0 bridgehead atoms. The summed E-state index contributed by atoms with van der Waals surface area (Å²) >= 11 is 1.60. The lowest BCUT2D eigenvalue weighted by atomic mass is 10.3. The van der Waals surface area contributed by atoms with Crippen molar-refractivity contribution in [1.29, 1.82) is 0 Å². The Morgan fingerprint density at radius 1 is 1.69 bits per heavy atom. The highest BCUT2D eigenvalue weighted by atomic mass is 32.2. The SMILES string of the molecule is CCCn1c(SC[C@@H]2CCCO2)n[nH]c1=O. The molecule has 1 aromatic heterocycles. The van der Waals surface area contributed by atoms with Crippen LogP contribution in [0.3, 0.4) is 0 Å². The molecule has 16 heavy (non-hydrogen) atoms. The Labute approximate surface area is 98.6 Å². The molecule has 1 aromatic rings. The van der Waals surface area contributed by atoms with E-state index in [4.69, 9.17) is 4.74 Å². The van der Waals surface area contributed by atoms with Crippen molar-refractivity contribution in [2.75, 3.05) is 12.4 Å². The average molecular weight is 243 g/mol. The zero-order valence-electron chi connectivity index (χ0n) is 9.44. The number of ether oxygens (including phenoxy) is 1. The van der Waals surface area contributed by atoms with Crippen LogP contribution in [0.4, 0.5) is 0 Å². The van der Waals surface area contributed by atoms with Crippen molar-refractivity contribution in [3.05, 3.63) is 10.5 Å². The first-order valence-electron chi connectivity index (χ1n) is 5.71. The lowest BCUT2D eigenvalue weighted by Gasteiger charge is -2.08. The third-order valence-corrected chi connectivity index (χ3v) is 3.70. The monoisotopic (exact) mass is 243 g/mol. The summed E-state index contributed by atoms with van der Waals surface area (Å²) in [6.07, 6.45) is 3.53. The summed E-state index contributed by atoms with van der Waals surface area (Å²) in [5.41, 5.74) is -0.114. The summed E-state index contributed by atoms with van der Waals surface area (Å²) in [7, 11) is 0. The fraction of sp³-hybridized carbons (Fsp3) is 0.800. The minimum absolute atomic E-state index is 0.114. The van der Waals surface area contributed by atoms with Gasteiger partial charge >= 0.3 is 5.69 Å². The smallest absolute Gasteiger partial charge is 0.343 e. The largest absolute Gasteiger partial charge is 0.377 e. The Balaban J connectivity index is 1.95. The summed E-state index contributed by atoms with van der Waals surface area (Å²) in [4.78, 5) is 11.4. The molecule has 5 nitrogen and oxygen atoms in total. The number of nitrogens with one attached hydrogen (secondary N) is 1. The second-order valence-electron chi connectivity index (χ2n) is 3.91. The number of rotatable bonds is 5. The van der Waals surface area contributed by atoms with Crippen LogP contribution in [0.5, 0.6) is 0 Å². The Morgan fingerprint density at radius 2 is 2.56 bits per heavy atom. The zero-order valence-corrected chi connectivity index (χ0v) is 10.3. The van der Waals surface area contributed by atoms with Crippen LogP contribution in [0.2, 0.25) is 0 Å². The normalized spacial score (nSPS) is 20.4. The van der Waals surface area contributed by atoms with Gasteiger partial charge in [0.15, 0.2) is 5.16 Å². The third kappa shape index (κ3) is 2.68. The van der Waals surface area contributed by atoms with Gasteiger partial charge in [-0.2, -0.15) is 0 Å². The Morgan fingerprint density at radius 3 is 3.25 bits per heavy atom. The van der Waals surface area contributed by atoms with E-state index in [-0.39, 0.29) is 5.69 Å². The fourth-order valence-corrected chi connectivity index (χ4v) is 2.82. The van der Waals surface area contributed by atoms with Crippen molar-refractivity contribution in [3.63, 3.8) is 0 Å². The molecule has 1 saturated heterocycles. The molecule has 1 fully saturated rings. The molecule has 2 rings (SSSR count). The van der Waals surface area contributed by atoms with Crippen LogP contribution in [-0.2, 0) is 11.3 Å². The molecule has 90 valence electrons. The number of nitrogens with zero attached hydrogens (tertiary/aromatic N) is 2. The number of H-pyrrole nitrogens is 1. The van der Waals surface area contributed by atoms with Crippen LogP contribution >= 0.6 is 11.8 Å². The first-order valence-corrected chi connectivity index (χ1v) is 6.69. The molecule has 2 heterocycles. The van der Waals surface area contributed by atoms with Gasteiger partial charge in [-0.15, -0.1) is 5.10 Å². The lowest BCUT2D eigenvalue weighted by molar-refractivity contribution is 0.129. The molecule has 0 saturated carbocycles. The van der Waals surface area contributed by atoms with Gasteiger partial charge in [0.1, 0.15) is 0 Å². The zero-order chi connectivity index (χ0) is 11.4. The summed E-state index contributed by atoms with van der Waals surface area (Å²) in [5.74, 6) is 0.883. The Bertz CT molecular complexity index is 382. The van der Waals surface area contributed by atoms with Crippen LogP contribution in [0.15, 0.2) is 9.95 Å². The summed E-state index contributed by atoms with van der Waals surface area (Å²) in [6.45, 7) is 3.64. The summed E-state index contributed by atoms with van der Waals surface area (Å²) in [5, 5.41) is 7.30. The van der Waals surface area contributed by atoms with E-state index in [2.05, 4.69) is 10.2 Å². The molecule has 0 aliphatic carbocycles. The highest BCUT2D eigenvalue weighted by molar-refractivity contribution is 7.99. The maximum Gasteiger partial charge on any atom is 0.343 e. The second-order valence-corrected chi connectivity index (χ2v) is 4.90. The molecule has 1 N–H and O–H groups in total. The van der Waals surface area contributed by atoms with E-state index < -0.39 is 0 Å². The van der Waals surface area contributed by atoms with Crippen molar-refractivity contribution in [2.45, 2.75) is 44.0 Å². The predicted molar refractivity (Wildman–Crippen MR) is 62.8 cm³/mol. The molecule has 0 amide bonds. The lowest BCUT2D eigenvalue weighted by Crippen LogP contribution is -2.18.